The molecule has 6 nitrogen and oxygen atoms in total. The van der Waals surface area contributed by atoms with E-state index in [2.05, 4.69) is 43.5 Å². The van der Waals surface area contributed by atoms with Gasteiger partial charge in [-0.1, -0.05) is 82.4 Å². The average molecular weight is 472 g/mol. The van der Waals surface area contributed by atoms with E-state index >= 15 is 0 Å². The van der Waals surface area contributed by atoms with Crippen LogP contribution in [0.25, 0.3) is 0 Å². The Labute approximate surface area is 196 Å². The number of rotatable bonds is 20. The molecule has 0 aliphatic carbocycles. The zero-order valence-electron chi connectivity index (χ0n) is 20.0. The fraction of sp³-hybridized carbons (Fsp3) is 0.720. The third kappa shape index (κ3) is 20.5. The van der Waals surface area contributed by atoms with Crippen LogP contribution in [0.3, 0.4) is 0 Å². The maximum absolute atomic E-state index is 12.2. The van der Waals surface area contributed by atoms with E-state index in [1.54, 1.807) is 6.08 Å². The van der Waals surface area contributed by atoms with Gasteiger partial charge in [0.25, 0.3) is 10.1 Å². The van der Waals surface area contributed by atoms with Gasteiger partial charge >= 0.3 is 0 Å². The van der Waals surface area contributed by atoms with Gasteiger partial charge in [0.2, 0.25) is 5.91 Å². The summed E-state index contributed by atoms with van der Waals surface area (Å²) < 4.78 is 31.8. The molecule has 7 heteroatoms. The van der Waals surface area contributed by atoms with Crippen LogP contribution in [0.2, 0.25) is 0 Å². The molecule has 0 radical (unpaired) electrons. The summed E-state index contributed by atoms with van der Waals surface area (Å²) in [6.07, 6.45) is 23.0. The van der Waals surface area contributed by atoms with Gasteiger partial charge < -0.3 is 10.4 Å². The highest BCUT2D eigenvalue weighted by atomic mass is 32.2. The molecule has 3 N–H and O–H groups in total. The second-order valence-electron chi connectivity index (χ2n) is 8.25. The second kappa shape index (κ2) is 20.2. The molecule has 0 aromatic rings. The van der Waals surface area contributed by atoms with Crippen molar-refractivity contribution in [1.82, 2.24) is 5.32 Å². The number of aliphatic hydroxyl groups is 1. The highest BCUT2D eigenvalue weighted by Crippen LogP contribution is 2.09. The first-order valence-electron chi connectivity index (χ1n) is 12.2. The van der Waals surface area contributed by atoms with Crippen molar-refractivity contribution in [3.05, 3.63) is 36.5 Å². The maximum Gasteiger partial charge on any atom is 0.267 e. The van der Waals surface area contributed by atoms with Crippen LogP contribution in [0, 0.1) is 0 Å². The van der Waals surface area contributed by atoms with E-state index in [1.807, 2.05) is 0 Å². The van der Waals surface area contributed by atoms with Gasteiger partial charge in [0, 0.05) is 6.42 Å². The van der Waals surface area contributed by atoms with Crippen molar-refractivity contribution in [2.24, 2.45) is 0 Å². The predicted molar refractivity (Wildman–Crippen MR) is 133 cm³/mol. The molecule has 0 rings (SSSR count). The van der Waals surface area contributed by atoms with Gasteiger partial charge in [-0.2, -0.15) is 8.42 Å². The smallest absolute Gasteiger partial charge is 0.267 e. The first-order chi connectivity index (χ1) is 15.3. The summed E-state index contributed by atoms with van der Waals surface area (Å²) in [5.41, 5.74) is 0. The number of hydrogen-bond acceptors (Lipinski definition) is 4. The van der Waals surface area contributed by atoms with E-state index in [0.29, 0.717) is 12.8 Å². The topological polar surface area (TPSA) is 104 Å². The zero-order chi connectivity index (χ0) is 24.1. The van der Waals surface area contributed by atoms with Crippen LogP contribution in [-0.4, -0.2) is 41.9 Å². The van der Waals surface area contributed by atoms with Gasteiger partial charge in [0.05, 0.1) is 17.9 Å². The van der Waals surface area contributed by atoms with Crippen molar-refractivity contribution >= 4 is 16.0 Å². The lowest BCUT2D eigenvalue weighted by Gasteiger charge is -2.21. The van der Waals surface area contributed by atoms with Crippen molar-refractivity contribution in [2.75, 3.05) is 5.75 Å². The lowest BCUT2D eigenvalue weighted by atomic mass is 10.1. The van der Waals surface area contributed by atoms with Gasteiger partial charge in [0.15, 0.2) is 0 Å². The Morgan fingerprint density at radius 2 is 1.34 bits per heavy atom. The highest BCUT2D eigenvalue weighted by Gasteiger charge is 2.24. The largest absolute Gasteiger partial charge is 0.387 e. The third-order valence-electron chi connectivity index (χ3n) is 5.00. The van der Waals surface area contributed by atoms with Crippen LogP contribution in [0.4, 0.5) is 0 Å². The molecule has 0 aromatic heterocycles. The minimum Gasteiger partial charge on any atom is -0.387 e. The number of amides is 1. The lowest BCUT2D eigenvalue weighted by molar-refractivity contribution is -0.122. The van der Waals surface area contributed by atoms with E-state index in [4.69, 9.17) is 0 Å². The Morgan fingerprint density at radius 3 is 1.97 bits per heavy atom. The van der Waals surface area contributed by atoms with E-state index < -0.39 is 28.0 Å². The van der Waals surface area contributed by atoms with Gasteiger partial charge in [-0.15, -0.1) is 0 Å². The van der Waals surface area contributed by atoms with E-state index in [-0.39, 0.29) is 12.3 Å². The molecule has 0 aliphatic heterocycles. The molecule has 2 unspecified atom stereocenters. The number of unbranched alkanes of at least 4 members (excludes halogenated alkanes) is 8. The highest BCUT2D eigenvalue weighted by molar-refractivity contribution is 7.85. The first kappa shape index (κ1) is 30.6. The summed E-state index contributed by atoms with van der Waals surface area (Å²) in [7, 11) is -4.33. The number of carbonyl (C=O) groups excluding carboxylic acids is 1. The lowest BCUT2D eigenvalue weighted by Crippen LogP contribution is -2.46. The van der Waals surface area contributed by atoms with Crippen molar-refractivity contribution < 1.29 is 22.9 Å². The molecule has 0 spiro atoms. The van der Waals surface area contributed by atoms with E-state index in [1.165, 1.54) is 12.5 Å². The van der Waals surface area contributed by atoms with Gasteiger partial charge in [-0.25, -0.2) is 0 Å². The van der Waals surface area contributed by atoms with Crippen molar-refractivity contribution in [3.8, 4) is 0 Å². The Hall–Kier alpha value is -1.44. The number of allylic oxidation sites excluding steroid dienone is 5. The number of hydrogen-bond donors (Lipinski definition) is 3. The monoisotopic (exact) mass is 471 g/mol. The molecular formula is C25H45NO5S. The van der Waals surface area contributed by atoms with Crippen LogP contribution in [0.5, 0.6) is 0 Å². The molecule has 0 saturated heterocycles. The molecule has 0 bridgehead atoms. The van der Waals surface area contributed by atoms with Crippen LogP contribution >= 0.6 is 0 Å². The quantitative estimate of drug-likeness (QED) is 0.124. The summed E-state index contributed by atoms with van der Waals surface area (Å²) in [6, 6.07) is -1.07. The van der Waals surface area contributed by atoms with Crippen LogP contribution in [-0.2, 0) is 14.9 Å². The predicted octanol–water partition coefficient (Wildman–Crippen LogP) is 5.50. The maximum atomic E-state index is 12.2. The van der Waals surface area contributed by atoms with Crippen molar-refractivity contribution in [2.45, 2.75) is 109 Å². The molecule has 0 heterocycles. The molecule has 0 saturated carbocycles. The Balaban J connectivity index is 4.29. The summed E-state index contributed by atoms with van der Waals surface area (Å²) in [5, 5.41) is 12.9. The molecule has 186 valence electrons. The first-order valence-corrected chi connectivity index (χ1v) is 13.8. The molecule has 0 aromatic carbocycles. The van der Waals surface area contributed by atoms with Gasteiger partial charge in [-0.05, 0) is 44.9 Å². The Kier molecular flexibility index (Phi) is 19.3. The van der Waals surface area contributed by atoms with Crippen LogP contribution in [0.1, 0.15) is 97.3 Å². The van der Waals surface area contributed by atoms with Crippen LogP contribution in [0.15, 0.2) is 36.5 Å². The summed E-state index contributed by atoms with van der Waals surface area (Å²) in [5.74, 6) is -1.03. The van der Waals surface area contributed by atoms with E-state index in [9.17, 15) is 22.9 Å². The minimum absolute atomic E-state index is 0.275. The minimum atomic E-state index is -4.33. The Bertz CT molecular complexity index is 655. The third-order valence-corrected chi connectivity index (χ3v) is 5.78. The molecule has 32 heavy (non-hydrogen) atoms. The number of carbonyl (C=O) groups is 1. The van der Waals surface area contributed by atoms with E-state index in [0.717, 1.165) is 57.8 Å². The molecule has 2 atom stereocenters. The molecule has 1 amide bonds. The van der Waals surface area contributed by atoms with Crippen LogP contribution < -0.4 is 5.32 Å². The Morgan fingerprint density at radius 1 is 0.812 bits per heavy atom. The fourth-order valence-corrected chi connectivity index (χ4v) is 3.91. The SMILES string of the molecule is CCC/C=C\CCCCCCCC(=O)NC(CS(=O)(=O)O)C(O)/C=C/CC/C=C/CCC. The second-order valence-corrected chi connectivity index (χ2v) is 9.74. The average Bonchev–Trinajstić information content (AvgIpc) is 2.72. The summed E-state index contributed by atoms with van der Waals surface area (Å²) in [4.78, 5) is 12.2. The summed E-state index contributed by atoms with van der Waals surface area (Å²) >= 11 is 0. The molecule has 0 fully saturated rings. The summed E-state index contributed by atoms with van der Waals surface area (Å²) in [6.45, 7) is 4.27. The van der Waals surface area contributed by atoms with Gasteiger partial charge in [0.1, 0.15) is 0 Å². The van der Waals surface area contributed by atoms with Crippen molar-refractivity contribution in [1.29, 1.82) is 0 Å². The fourth-order valence-electron chi connectivity index (χ4n) is 3.18. The zero-order valence-corrected chi connectivity index (χ0v) is 20.9. The standard InChI is InChI=1S/C25H45NO5S/c1-3-5-7-9-11-12-13-15-17-19-21-25(28)26-23(22-32(29,30)31)24(27)20-18-16-14-10-8-6-4-2/h7-10,18,20,23-24,27H,3-6,11-17,19,21-22H2,1-2H3,(H,26,28)(H,29,30,31)/b9-7-,10-8+,20-18+. The number of aliphatic hydroxyl groups excluding tert-OH is 1. The van der Waals surface area contributed by atoms with Crippen molar-refractivity contribution in [3.63, 3.8) is 0 Å². The molecular weight excluding hydrogens is 426 g/mol. The molecule has 0 aliphatic rings. The van der Waals surface area contributed by atoms with Gasteiger partial charge in [-0.3, -0.25) is 9.35 Å². The normalized spacial score (nSPS) is 14.5. The number of nitrogens with one attached hydrogen (secondary N) is 1.